The Morgan fingerprint density at radius 1 is 1.09 bits per heavy atom. The normalized spacial score (nSPS) is 11.0. The van der Waals surface area contributed by atoms with Gasteiger partial charge < -0.3 is 19.8 Å². The second-order valence-electron chi connectivity index (χ2n) is 7.56. The van der Waals surface area contributed by atoms with Crippen molar-refractivity contribution in [1.82, 2.24) is 9.88 Å². The molecular weight excluding hydrogens is 498 g/mol. The molecule has 2 aromatic carbocycles. The van der Waals surface area contributed by atoms with Crippen molar-refractivity contribution in [2.75, 3.05) is 32.9 Å². The fourth-order valence-electron chi connectivity index (χ4n) is 3.31. The number of rotatable bonds is 12. The second kappa shape index (κ2) is 12.7. The van der Waals surface area contributed by atoms with E-state index in [-0.39, 0.29) is 32.1 Å². The van der Waals surface area contributed by atoms with Gasteiger partial charge in [-0.2, -0.15) is 0 Å². The van der Waals surface area contributed by atoms with Gasteiger partial charge in [-0.05, 0) is 35.2 Å². The zero-order chi connectivity index (χ0) is 25.4. The van der Waals surface area contributed by atoms with Gasteiger partial charge in [0.25, 0.3) is 5.91 Å². The van der Waals surface area contributed by atoms with E-state index in [1.807, 2.05) is 12.1 Å². The van der Waals surface area contributed by atoms with Crippen LogP contribution in [-0.4, -0.2) is 64.9 Å². The van der Waals surface area contributed by atoms with Crippen LogP contribution in [0, 0.1) is 11.6 Å². The van der Waals surface area contributed by atoms with Crippen LogP contribution in [0.25, 0.3) is 11.1 Å². The van der Waals surface area contributed by atoms with Crippen molar-refractivity contribution in [3.8, 4) is 11.1 Å². The van der Waals surface area contributed by atoms with E-state index in [1.54, 1.807) is 17.5 Å². The van der Waals surface area contributed by atoms with Crippen molar-refractivity contribution < 1.29 is 33.3 Å². The molecule has 2 N–H and O–H groups in total. The lowest BCUT2D eigenvalue weighted by Crippen LogP contribution is -2.38. The maximum Gasteiger partial charge on any atom is 0.323 e. The van der Waals surface area contributed by atoms with E-state index in [0.29, 0.717) is 28.9 Å². The number of carboxylic acids is 1. The third-order valence-corrected chi connectivity index (χ3v) is 6.34. The molecule has 0 aliphatic rings. The Morgan fingerprint density at radius 2 is 1.80 bits per heavy atom. The molecule has 35 heavy (non-hydrogen) atoms. The Hall–Kier alpha value is -2.86. The van der Waals surface area contributed by atoms with Gasteiger partial charge >= 0.3 is 5.97 Å². The Labute approximate surface area is 210 Å². The van der Waals surface area contributed by atoms with Crippen LogP contribution >= 0.6 is 24.0 Å². The summed E-state index contributed by atoms with van der Waals surface area (Å²) >= 11 is 5.54. The zero-order valence-corrected chi connectivity index (χ0v) is 20.3. The number of aliphatic hydroxyl groups is 1. The highest BCUT2D eigenvalue weighted by Gasteiger charge is 2.21. The minimum atomic E-state index is -1.15. The molecule has 1 amide bonds. The summed E-state index contributed by atoms with van der Waals surface area (Å²) in [5.41, 5.74) is 2.37. The van der Waals surface area contributed by atoms with Crippen LogP contribution in [0.5, 0.6) is 0 Å². The van der Waals surface area contributed by atoms with E-state index in [1.165, 1.54) is 11.3 Å². The molecule has 7 nitrogen and oxygen atoms in total. The summed E-state index contributed by atoms with van der Waals surface area (Å²) in [7, 11) is 0. The number of ether oxygens (including phenoxy) is 1. The number of aliphatic carboxylic acids is 1. The maximum absolute atomic E-state index is 13.6. The first-order chi connectivity index (χ1) is 16.8. The lowest BCUT2D eigenvalue weighted by Gasteiger charge is -2.19. The van der Waals surface area contributed by atoms with E-state index in [0.717, 1.165) is 27.6 Å². The summed E-state index contributed by atoms with van der Waals surface area (Å²) < 4.78 is 32.1. The first-order valence-electron chi connectivity index (χ1n) is 10.7. The Bertz CT molecular complexity index is 1170. The van der Waals surface area contributed by atoms with Gasteiger partial charge in [-0.3, -0.25) is 9.59 Å². The van der Waals surface area contributed by atoms with Gasteiger partial charge in [0.15, 0.2) is 11.6 Å². The Balaban J connectivity index is 1.61. The van der Waals surface area contributed by atoms with Crippen LogP contribution in [0.1, 0.15) is 21.1 Å². The summed E-state index contributed by atoms with van der Waals surface area (Å²) in [6.07, 6.45) is 1.21. The molecule has 0 unspecified atom stereocenters. The molecule has 186 valence electrons. The number of halogens is 2. The highest BCUT2D eigenvalue weighted by atomic mass is 32.1. The lowest BCUT2D eigenvalue weighted by molar-refractivity contribution is -0.137. The summed E-state index contributed by atoms with van der Waals surface area (Å²) in [4.78, 5) is 29.7. The van der Waals surface area contributed by atoms with Gasteiger partial charge in [0.05, 0.1) is 24.8 Å². The van der Waals surface area contributed by atoms with Crippen molar-refractivity contribution in [1.29, 1.82) is 0 Å². The minimum absolute atomic E-state index is 0.0658. The summed E-state index contributed by atoms with van der Waals surface area (Å²) in [6, 6.07) is 9.53. The molecule has 0 fully saturated rings. The average molecular weight is 523 g/mol. The van der Waals surface area contributed by atoms with Crippen LogP contribution in [-0.2, 0) is 22.4 Å². The highest BCUT2D eigenvalue weighted by molar-refractivity contribution is 7.80. The van der Waals surface area contributed by atoms with E-state index in [4.69, 9.17) is 14.9 Å². The van der Waals surface area contributed by atoms with Crippen molar-refractivity contribution in [2.45, 2.75) is 17.7 Å². The first-order valence-corrected chi connectivity index (χ1v) is 12.0. The molecule has 0 saturated carbocycles. The number of nitrogens with zero attached hydrogens (tertiary/aromatic N) is 2. The van der Waals surface area contributed by atoms with E-state index < -0.39 is 30.1 Å². The molecule has 0 atom stereocenters. The van der Waals surface area contributed by atoms with E-state index in [9.17, 15) is 18.4 Å². The van der Waals surface area contributed by atoms with Crippen LogP contribution in [0.4, 0.5) is 8.78 Å². The third-order valence-electron chi connectivity index (χ3n) is 5.06. The highest BCUT2D eigenvalue weighted by Crippen LogP contribution is 2.29. The molecule has 3 rings (SSSR count). The topological polar surface area (TPSA) is 100.0 Å². The van der Waals surface area contributed by atoms with E-state index in [2.05, 4.69) is 17.6 Å². The minimum Gasteiger partial charge on any atom is -0.480 e. The Morgan fingerprint density at radius 3 is 2.49 bits per heavy atom. The number of hydrogen-bond acceptors (Lipinski definition) is 7. The van der Waals surface area contributed by atoms with Crippen LogP contribution in [0.2, 0.25) is 0 Å². The predicted molar refractivity (Wildman–Crippen MR) is 130 cm³/mol. The first kappa shape index (κ1) is 26.7. The molecule has 0 spiro atoms. The van der Waals surface area contributed by atoms with Gasteiger partial charge in [0.1, 0.15) is 12.2 Å². The molecular formula is C24H24F2N2O5S2. The number of aromatic nitrogens is 1. The van der Waals surface area contributed by atoms with Crippen molar-refractivity contribution >= 4 is 35.8 Å². The zero-order valence-electron chi connectivity index (χ0n) is 18.6. The van der Waals surface area contributed by atoms with Crippen LogP contribution in [0.3, 0.4) is 0 Å². The van der Waals surface area contributed by atoms with Gasteiger partial charge in [-0.15, -0.1) is 24.0 Å². The quantitative estimate of drug-likeness (QED) is 0.248. The molecule has 0 saturated heterocycles. The molecule has 1 aromatic heterocycles. The molecule has 0 aliphatic carbocycles. The number of thiol groups is 1. The standard InChI is InChI=1S/C24H24F2N2O5S2/c25-18-11-17(21(34)12-19(18)26)16-4-1-15(2-5-16)3-6-22-27-20(14-35-22)24(32)28(13-23(30)31)7-9-33-10-8-29/h1-2,4-5,11-12,14,29,34H,3,6-10,13H2,(H,30,31). The Kier molecular flexibility index (Phi) is 9.73. The maximum atomic E-state index is 13.6. The summed E-state index contributed by atoms with van der Waals surface area (Å²) in [6.45, 7) is -0.367. The molecule has 3 aromatic rings. The number of carboxylic acid groups (broad SMARTS) is 1. The lowest BCUT2D eigenvalue weighted by atomic mass is 10.0. The van der Waals surface area contributed by atoms with Crippen molar-refractivity contribution in [3.63, 3.8) is 0 Å². The number of aryl methyl sites for hydroxylation is 2. The second-order valence-corrected chi connectivity index (χ2v) is 8.99. The average Bonchev–Trinajstić information content (AvgIpc) is 3.31. The molecule has 0 bridgehead atoms. The van der Waals surface area contributed by atoms with E-state index >= 15 is 0 Å². The smallest absolute Gasteiger partial charge is 0.323 e. The van der Waals surface area contributed by atoms with Gasteiger partial charge in [-0.1, -0.05) is 24.3 Å². The molecule has 0 aliphatic heterocycles. The summed E-state index contributed by atoms with van der Waals surface area (Å²) in [5, 5.41) is 20.2. The van der Waals surface area contributed by atoms with Crippen LogP contribution < -0.4 is 0 Å². The molecule has 1 heterocycles. The number of carbonyl (C=O) groups is 2. The monoisotopic (exact) mass is 522 g/mol. The fraction of sp³-hybridized carbons (Fsp3) is 0.292. The van der Waals surface area contributed by atoms with Crippen molar-refractivity contribution in [2.24, 2.45) is 0 Å². The number of aliphatic hydroxyl groups excluding tert-OH is 1. The van der Waals surface area contributed by atoms with Gasteiger partial charge in [0.2, 0.25) is 0 Å². The summed E-state index contributed by atoms with van der Waals surface area (Å²) in [5.74, 6) is -3.53. The van der Waals surface area contributed by atoms with Crippen molar-refractivity contribution in [3.05, 3.63) is 69.7 Å². The molecule has 11 heteroatoms. The van der Waals surface area contributed by atoms with Gasteiger partial charge in [-0.25, -0.2) is 13.8 Å². The van der Waals surface area contributed by atoms with Gasteiger partial charge in [0, 0.05) is 23.2 Å². The van der Waals surface area contributed by atoms with Crippen LogP contribution in [0.15, 0.2) is 46.7 Å². The predicted octanol–water partition coefficient (Wildman–Crippen LogP) is 3.70. The number of benzene rings is 2. The number of carbonyl (C=O) groups excluding carboxylic acids is 1. The number of hydrogen-bond donors (Lipinski definition) is 3. The molecule has 0 radical (unpaired) electrons. The number of thiazole rings is 1. The fourth-order valence-corrected chi connectivity index (χ4v) is 4.39. The SMILES string of the molecule is O=C(O)CN(CCOCCO)C(=O)c1csc(CCc2ccc(-c3cc(F)c(F)cc3S)cc2)n1. The largest absolute Gasteiger partial charge is 0.480 e. The number of amides is 1. The third kappa shape index (κ3) is 7.56.